The Balaban J connectivity index is 2.02. The lowest BCUT2D eigenvalue weighted by molar-refractivity contribution is 1.13. The third kappa shape index (κ3) is 2.60. The van der Waals surface area contributed by atoms with E-state index in [0.29, 0.717) is 5.69 Å². The smallest absolute Gasteiger partial charge is 0.0951 e. The number of para-hydroxylation sites is 1. The second kappa shape index (κ2) is 5.32. The Kier molecular flexibility index (Phi) is 3.36. The second-order valence-electron chi connectivity index (χ2n) is 5.17. The van der Waals surface area contributed by atoms with Crippen molar-refractivity contribution < 1.29 is 0 Å². The summed E-state index contributed by atoms with van der Waals surface area (Å²) in [4.78, 5) is 6.43. The van der Waals surface area contributed by atoms with E-state index < -0.39 is 0 Å². The molecular weight excluding hydrogens is 260 g/mol. The van der Waals surface area contributed by atoms with Crippen molar-refractivity contribution in [3.8, 4) is 0 Å². The van der Waals surface area contributed by atoms with Crippen LogP contribution in [0.2, 0.25) is 0 Å². The Morgan fingerprint density at radius 1 is 1.05 bits per heavy atom. The monoisotopic (exact) mass is 278 g/mol. The first kappa shape index (κ1) is 13.2. The zero-order chi connectivity index (χ0) is 14.8. The van der Waals surface area contributed by atoms with Gasteiger partial charge in [0.1, 0.15) is 0 Å². The van der Waals surface area contributed by atoms with Gasteiger partial charge in [0.25, 0.3) is 0 Å². The number of nitrogens with zero attached hydrogens (tertiary/aromatic N) is 2. The van der Waals surface area contributed by atoms with Gasteiger partial charge in [-0.3, -0.25) is 4.98 Å². The summed E-state index contributed by atoms with van der Waals surface area (Å²) in [6.45, 7) is 0. The highest BCUT2D eigenvalue weighted by Gasteiger charge is 2.05. The molecule has 0 spiro atoms. The first-order valence-electron chi connectivity index (χ1n) is 6.83. The van der Waals surface area contributed by atoms with Crippen molar-refractivity contribution in [2.45, 2.75) is 0 Å². The van der Waals surface area contributed by atoms with Crippen molar-refractivity contribution in [1.29, 1.82) is 0 Å². The molecule has 106 valence electrons. The SMILES string of the molecule is CN(C)c1cccc(Nc2ccnc3c(N)cccc23)c1. The molecule has 21 heavy (non-hydrogen) atoms. The van der Waals surface area contributed by atoms with Crippen LogP contribution in [0.25, 0.3) is 10.9 Å². The van der Waals surface area contributed by atoms with Gasteiger partial charge < -0.3 is 16.0 Å². The number of hydrogen-bond donors (Lipinski definition) is 2. The molecule has 0 aliphatic rings. The van der Waals surface area contributed by atoms with E-state index in [-0.39, 0.29) is 0 Å². The Morgan fingerprint density at radius 3 is 2.67 bits per heavy atom. The molecule has 3 N–H and O–H groups in total. The summed E-state index contributed by atoms with van der Waals surface area (Å²) >= 11 is 0. The molecule has 4 heteroatoms. The molecule has 2 aromatic carbocycles. The Morgan fingerprint density at radius 2 is 1.86 bits per heavy atom. The fourth-order valence-corrected chi connectivity index (χ4v) is 2.33. The van der Waals surface area contributed by atoms with E-state index in [1.165, 1.54) is 0 Å². The second-order valence-corrected chi connectivity index (χ2v) is 5.17. The predicted octanol–water partition coefficient (Wildman–Crippen LogP) is 3.63. The van der Waals surface area contributed by atoms with Crippen molar-refractivity contribution >= 4 is 33.7 Å². The van der Waals surface area contributed by atoms with Gasteiger partial charge in [-0.15, -0.1) is 0 Å². The van der Waals surface area contributed by atoms with E-state index >= 15 is 0 Å². The van der Waals surface area contributed by atoms with Crippen LogP contribution in [-0.2, 0) is 0 Å². The van der Waals surface area contributed by atoms with Crippen LogP contribution >= 0.6 is 0 Å². The van der Waals surface area contributed by atoms with Crippen LogP contribution in [0.15, 0.2) is 54.7 Å². The topological polar surface area (TPSA) is 54.2 Å². The normalized spacial score (nSPS) is 10.6. The van der Waals surface area contributed by atoms with Crippen molar-refractivity contribution in [3.63, 3.8) is 0 Å². The number of anilines is 4. The molecule has 0 bridgehead atoms. The van der Waals surface area contributed by atoms with Crippen LogP contribution in [-0.4, -0.2) is 19.1 Å². The number of nitrogens with one attached hydrogen (secondary N) is 1. The minimum absolute atomic E-state index is 0.693. The van der Waals surface area contributed by atoms with Gasteiger partial charge in [0.2, 0.25) is 0 Å². The molecule has 0 fully saturated rings. The minimum Gasteiger partial charge on any atom is -0.397 e. The average Bonchev–Trinajstić information content (AvgIpc) is 2.49. The summed E-state index contributed by atoms with van der Waals surface area (Å²) in [5.74, 6) is 0. The Hall–Kier alpha value is -2.75. The van der Waals surface area contributed by atoms with Gasteiger partial charge in [0, 0.05) is 42.7 Å². The Labute approximate surface area is 124 Å². The van der Waals surface area contributed by atoms with Crippen LogP contribution in [0.1, 0.15) is 0 Å². The predicted molar refractivity (Wildman–Crippen MR) is 90.2 cm³/mol. The maximum Gasteiger partial charge on any atom is 0.0951 e. The lowest BCUT2D eigenvalue weighted by atomic mass is 10.1. The van der Waals surface area contributed by atoms with E-state index in [2.05, 4.69) is 27.3 Å². The summed E-state index contributed by atoms with van der Waals surface area (Å²) < 4.78 is 0. The molecule has 0 radical (unpaired) electrons. The van der Waals surface area contributed by atoms with E-state index in [1.807, 2.05) is 50.5 Å². The van der Waals surface area contributed by atoms with Crippen molar-refractivity contribution in [1.82, 2.24) is 4.98 Å². The van der Waals surface area contributed by atoms with Crippen LogP contribution in [0.4, 0.5) is 22.7 Å². The zero-order valence-corrected chi connectivity index (χ0v) is 12.2. The molecule has 4 nitrogen and oxygen atoms in total. The molecule has 0 unspecified atom stereocenters. The first-order valence-corrected chi connectivity index (χ1v) is 6.83. The number of benzene rings is 2. The van der Waals surface area contributed by atoms with E-state index in [4.69, 9.17) is 5.73 Å². The third-order valence-corrected chi connectivity index (χ3v) is 3.44. The van der Waals surface area contributed by atoms with E-state index in [1.54, 1.807) is 6.20 Å². The molecule has 1 aromatic heterocycles. The molecule has 0 amide bonds. The summed E-state index contributed by atoms with van der Waals surface area (Å²) in [6, 6.07) is 16.1. The maximum absolute atomic E-state index is 5.99. The number of rotatable bonds is 3. The van der Waals surface area contributed by atoms with Crippen molar-refractivity contribution in [2.75, 3.05) is 30.0 Å². The molecule has 3 aromatic rings. The van der Waals surface area contributed by atoms with Gasteiger partial charge in [0.15, 0.2) is 0 Å². The van der Waals surface area contributed by atoms with Gasteiger partial charge in [-0.05, 0) is 30.3 Å². The molecular formula is C17H18N4. The fraction of sp³-hybridized carbons (Fsp3) is 0.118. The molecule has 3 rings (SSSR count). The number of nitrogen functional groups attached to an aromatic ring is 1. The van der Waals surface area contributed by atoms with Gasteiger partial charge in [-0.25, -0.2) is 0 Å². The number of nitrogens with two attached hydrogens (primary N) is 1. The van der Waals surface area contributed by atoms with Crippen molar-refractivity contribution in [2.24, 2.45) is 0 Å². The summed E-state index contributed by atoms with van der Waals surface area (Å²) in [6.07, 6.45) is 1.77. The molecule has 1 heterocycles. The van der Waals surface area contributed by atoms with E-state index in [9.17, 15) is 0 Å². The van der Waals surface area contributed by atoms with Crippen LogP contribution in [0.5, 0.6) is 0 Å². The third-order valence-electron chi connectivity index (χ3n) is 3.44. The zero-order valence-electron chi connectivity index (χ0n) is 12.2. The minimum atomic E-state index is 0.693. The van der Waals surface area contributed by atoms with Gasteiger partial charge in [-0.2, -0.15) is 0 Å². The average molecular weight is 278 g/mol. The quantitative estimate of drug-likeness (QED) is 0.718. The maximum atomic E-state index is 5.99. The number of pyridine rings is 1. The summed E-state index contributed by atoms with van der Waals surface area (Å²) in [5, 5.41) is 4.47. The highest BCUT2D eigenvalue weighted by molar-refractivity contribution is 5.98. The highest BCUT2D eigenvalue weighted by atomic mass is 15.1. The number of hydrogen-bond acceptors (Lipinski definition) is 4. The van der Waals surface area contributed by atoms with Gasteiger partial charge in [-0.1, -0.05) is 18.2 Å². The molecule has 0 atom stereocenters. The van der Waals surface area contributed by atoms with Gasteiger partial charge in [0.05, 0.1) is 11.2 Å². The molecule has 0 aliphatic heterocycles. The number of fused-ring (bicyclic) bond motifs is 1. The lowest BCUT2D eigenvalue weighted by Gasteiger charge is -2.15. The lowest BCUT2D eigenvalue weighted by Crippen LogP contribution is -2.08. The van der Waals surface area contributed by atoms with Crippen LogP contribution in [0, 0.1) is 0 Å². The van der Waals surface area contributed by atoms with Gasteiger partial charge >= 0.3 is 0 Å². The summed E-state index contributed by atoms with van der Waals surface area (Å²) in [5.41, 5.74) is 10.7. The van der Waals surface area contributed by atoms with E-state index in [0.717, 1.165) is 28.0 Å². The Bertz CT molecular complexity index is 781. The standard InChI is InChI=1S/C17H18N4/c1-21(2)13-6-3-5-12(11-13)20-16-9-10-19-17-14(16)7-4-8-15(17)18/h3-11H,18H2,1-2H3,(H,19,20). The largest absolute Gasteiger partial charge is 0.397 e. The summed E-state index contributed by atoms with van der Waals surface area (Å²) in [7, 11) is 4.06. The number of aromatic nitrogens is 1. The van der Waals surface area contributed by atoms with Crippen LogP contribution < -0.4 is 16.0 Å². The molecule has 0 aliphatic carbocycles. The highest BCUT2D eigenvalue weighted by Crippen LogP contribution is 2.29. The van der Waals surface area contributed by atoms with Crippen molar-refractivity contribution in [3.05, 3.63) is 54.7 Å². The first-order chi connectivity index (χ1) is 10.1. The molecule has 0 saturated heterocycles. The van der Waals surface area contributed by atoms with Crippen LogP contribution in [0.3, 0.4) is 0 Å². The fourth-order valence-electron chi connectivity index (χ4n) is 2.33. The molecule has 0 saturated carbocycles.